The summed E-state index contributed by atoms with van der Waals surface area (Å²) < 4.78 is 5.89. The van der Waals surface area contributed by atoms with Crippen molar-refractivity contribution in [2.24, 2.45) is 34.0 Å². The van der Waals surface area contributed by atoms with E-state index in [0.29, 0.717) is 29.6 Å². The van der Waals surface area contributed by atoms with Gasteiger partial charge in [0, 0.05) is 12.3 Å². The van der Waals surface area contributed by atoms with Crippen LogP contribution in [-0.2, 0) is 9.53 Å². The number of fused-ring (bicyclic) bond motifs is 3. The van der Waals surface area contributed by atoms with E-state index in [9.17, 15) is 9.90 Å². The minimum atomic E-state index is -0.256. The van der Waals surface area contributed by atoms with Gasteiger partial charge in [-0.15, -0.1) is 0 Å². The van der Waals surface area contributed by atoms with Crippen LogP contribution in [0.25, 0.3) is 0 Å². The molecule has 4 unspecified atom stereocenters. The van der Waals surface area contributed by atoms with E-state index in [4.69, 9.17) is 4.74 Å². The Morgan fingerprint density at radius 3 is 2.08 bits per heavy atom. The molecule has 142 valence electrons. The summed E-state index contributed by atoms with van der Waals surface area (Å²) in [6, 6.07) is 0. The van der Waals surface area contributed by atoms with E-state index < -0.39 is 0 Å². The zero-order valence-corrected chi connectivity index (χ0v) is 16.7. The number of aliphatic hydroxyl groups is 1. The number of esters is 1. The topological polar surface area (TPSA) is 46.5 Å². The Labute approximate surface area is 152 Å². The molecule has 3 heteroatoms. The van der Waals surface area contributed by atoms with Gasteiger partial charge >= 0.3 is 5.97 Å². The van der Waals surface area contributed by atoms with Crippen molar-refractivity contribution >= 4 is 5.97 Å². The summed E-state index contributed by atoms with van der Waals surface area (Å²) in [5.41, 5.74) is 0.329. The molecule has 4 aliphatic rings. The van der Waals surface area contributed by atoms with Gasteiger partial charge in [0.1, 0.15) is 5.60 Å². The molecule has 3 nitrogen and oxygen atoms in total. The van der Waals surface area contributed by atoms with Crippen LogP contribution in [0.2, 0.25) is 0 Å². The van der Waals surface area contributed by atoms with Gasteiger partial charge in [0.25, 0.3) is 0 Å². The lowest BCUT2D eigenvalue weighted by Gasteiger charge is -2.63. The molecule has 1 saturated heterocycles. The predicted octanol–water partition coefficient (Wildman–Crippen LogP) is 4.71. The molecule has 4 fully saturated rings. The van der Waals surface area contributed by atoms with Crippen LogP contribution in [-0.4, -0.2) is 22.8 Å². The lowest BCUT2D eigenvalue weighted by atomic mass is 9.42. The Balaban J connectivity index is 1.68. The average Bonchev–Trinajstić information content (AvgIpc) is 3.05. The lowest BCUT2D eigenvalue weighted by Crippen LogP contribution is -2.59. The van der Waals surface area contributed by atoms with Crippen LogP contribution in [0.5, 0.6) is 0 Å². The van der Waals surface area contributed by atoms with Gasteiger partial charge in [-0.05, 0) is 80.0 Å². The second-order valence-corrected chi connectivity index (χ2v) is 10.9. The van der Waals surface area contributed by atoms with Crippen LogP contribution < -0.4 is 0 Å². The van der Waals surface area contributed by atoms with Gasteiger partial charge in [0.15, 0.2) is 0 Å². The second kappa shape index (κ2) is 5.24. The Morgan fingerprint density at radius 2 is 1.44 bits per heavy atom. The molecule has 0 aromatic rings. The summed E-state index contributed by atoms with van der Waals surface area (Å²) >= 11 is 0. The van der Waals surface area contributed by atoms with E-state index in [1.807, 2.05) is 0 Å². The minimum absolute atomic E-state index is 0.00336. The largest absolute Gasteiger partial charge is 0.459 e. The molecular weight excluding hydrogens is 312 g/mol. The van der Waals surface area contributed by atoms with Gasteiger partial charge in [-0.25, -0.2) is 0 Å². The molecule has 3 saturated carbocycles. The molecule has 25 heavy (non-hydrogen) atoms. The van der Waals surface area contributed by atoms with E-state index in [1.54, 1.807) is 0 Å². The van der Waals surface area contributed by atoms with Gasteiger partial charge in [-0.1, -0.05) is 27.7 Å². The van der Waals surface area contributed by atoms with E-state index in [1.165, 1.54) is 25.7 Å². The predicted molar refractivity (Wildman–Crippen MR) is 97.9 cm³/mol. The fourth-order valence-electron chi connectivity index (χ4n) is 8.28. The first-order valence-electron chi connectivity index (χ1n) is 10.4. The highest BCUT2D eigenvalue weighted by atomic mass is 16.6. The first-order chi connectivity index (χ1) is 11.5. The normalized spacial score (nSPS) is 54.7. The smallest absolute Gasteiger partial charge is 0.306 e. The molecule has 1 heterocycles. The summed E-state index contributed by atoms with van der Waals surface area (Å²) in [6.07, 6.45) is 8.26. The zero-order valence-electron chi connectivity index (χ0n) is 16.7. The van der Waals surface area contributed by atoms with Crippen molar-refractivity contribution in [3.63, 3.8) is 0 Å². The highest BCUT2D eigenvalue weighted by molar-refractivity contribution is 5.72. The van der Waals surface area contributed by atoms with Crippen molar-refractivity contribution < 1.29 is 14.6 Å². The highest BCUT2D eigenvalue weighted by Crippen LogP contribution is 2.71. The third kappa shape index (κ3) is 2.23. The van der Waals surface area contributed by atoms with Crippen molar-refractivity contribution in [2.45, 2.75) is 97.7 Å². The minimum Gasteiger partial charge on any atom is -0.459 e. The van der Waals surface area contributed by atoms with Crippen molar-refractivity contribution in [2.75, 3.05) is 0 Å². The summed E-state index contributed by atoms with van der Waals surface area (Å²) in [6.45, 7) is 11.8. The van der Waals surface area contributed by atoms with Crippen molar-refractivity contribution in [3.8, 4) is 0 Å². The molecule has 0 amide bonds. The number of carbonyl (C=O) groups is 1. The number of cyclic esters (lactones) is 1. The maximum absolute atomic E-state index is 11.8. The van der Waals surface area contributed by atoms with Crippen molar-refractivity contribution in [3.05, 3.63) is 0 Å². The standard InChI is InChI=1S/C22H36O3/c1-19(2)14-8-11-21(4)15(20(14,3)12-9-17(19)23)6-7-16(21)22(5)13-10-18(24)25-22/h14-17,23H,6-13H2,1-5H3/t14?,15?,16?,17-,20-,21+,22?/m0/s1. The van der Waals surface area contributed by atoms with E-state index in [2.05, 4.69) is 34.6 Å². The molecule has 0 spiro atoms. The lowest BCUT2D eigenvalue weighted by molar-refractivity contribution is -0.184. The van der Waals surface area contributed by atoms with Crippen LogP contribution in [0.15, 0.2) is 0 Å². The van der Waals surface area contributed by atoms with Gasteiger partial charge < -0.3 is 9.84 Å². The SMILES string of the molecule is CC1(C2CCC3[C@@]2(C)CCC2C(C)(C)[C@@H](O)CC[C@@]23C)CCC(=O)O1. The number of hydrogen-bond donors (Lipinski definition) is 1. The summed E-state index contributed by atoms with van der Waals surface area (Å²) in [5.74, 6) is 1.77. The van der Waals surface area contributed by atoms with Gasteiger partial charge in [-0.3, -0.25) is 4.79 Å². The summed E-state index contributed by atoms with van der Waals surface area (Å²) in [7, 11) is 0. The molecule has 1 N–H and O–H groups in total. The third-order valence-electron chi connectivity index (χ3n) is 9.52. The molecule has 4 rings (SSSR count). The molecule has 1 aliphatic heterocycles. The van der Waals surface area contributed by atoms with Crippen LogP contribution >= 0.6 is 0 Å². The van der Waals surface area contributed by atoms with Crippen LogP contribution in [0.1, 0.15) is 86.0 Å². The van der Waals surface area contributed by atoms with E-state index in [0.717, 1.165) is 19.3 Å². The van der Waals surface area contributed by atoms with Crippen molar-refractivity contribution in [1.82, 2.24) is 0 Å². The Bertz CT molecular complexity index is 584. The fourth-order valence-corrected chi connectivity index (χ4v) is 8.28. The first-order valence-corrected chi connectivity index (χ1v) is 10.4. The fraction of sp³-hybridized carbons (Fsp3) is 0.955. The first kappa shape index (κ1) is 17.8. The second-order valence-electron chi connectivity index (χ2n) is 10.9. The molecule has 3 aliphatic carbocycles. The van der Waals surface area contributed by atoms with E-state index >= 15 is 0 Å². The van der Waals surface area contributed by atoms with Crippen molar-refractivity contribution in [1.29, 1.82) is 0 Å². The summed E-state index contributed by atoms with van der Waals surface area (Å²) in [5, 5.41) is 10.6. The maximum atomic E-state index is 11.8. The Kier molecular flexibility index (Phi) is 3.74. The molecule has 0 radical (unpaired) electrons. The Morgan fingerprint density at radius 1 is 0.840 bits per heavy atom. The monoisotopic (exact) mass is 348 g/mol. The number of carbonyl (C=O) groups excluding carboxylic acids is 1. The quantitative estimate of drug-likeness (QED) is 0.698. The number of aliphatic hydroxyl groups excluding tert-OH is 1. The van der Waals surface area contributed by atoms with E-state index in [-0.39, 0.29) is 28.5 Å². The molecular formula is C22H36O3. The van der Waals surface area contributed by atoms with Gasteiger partial charge in [0.2, 0.25) is 0 Å². The highest BCUT2D eigenvalue weighted by Gasteiger charge is 2.66. The number of rotatable bonds is 1. The summed E-state index contributed by atoms with van der Waals surface area (Å²) in [4.78, 5) is 11.8. The number of ether oxygens (including phenoxy) is 1. The van der Waals surface area contributed by atoms with Crippen LogP contribution in [0.4, 0.5) is 0 Å². The Hall–Kier alpha value is -0.570. The molecule has 7 atom stereocenters. The van der Waals surface area contributed by atoms with Gasteiger partial charge in [0.05, 0.1) is 6.10 Å². The maximum Gasteiger partial charge on any atom is 0.306 e. The molecule has 0 aromatic carbocycles. The molecule has 0 bridgehead atoms. The third-order valence-corrected chi connectivity index (χ3v) is 9.52. The van der Waals surface area contributed by atoms with Gasteiger partial charge in [-0.2, -0.15) is 0 Å². The zero-order chi connectivity index (χ0) is 18.3. The van der Waals surface area contributed by atoms with Crippen LogP contribution in [0, 0.1) is 34.0 Å². The van der Waals surface area contributed by atoms with Crippen LogP contribution in [0.3, 0.4) is 0 Å². The average molecular weight is 349 g/mol. The number of hydrogen-bond acceptors (Lipinski definition) is 3. The molecule has 0 aromatic heterocycles.